The van der Waals surface area contributed by atoms with Crippen LogP contribution < -0.4 is 4.90 Å². The van der Waals surface area contributed by atoms with Crippen molar-refractivity contribution < 1.29 is 15.0 Å². The molecule has 0 saturated carbocycles. The zero-order valence-electron chi connectivity index (χ0n) is 12.3. The van der Waals surface area contributed by atoms with E-state index < -0.39 is 0 Å². The molecule has 0 spiro atoms. The molecule has 0 aromatic heterocycles. The SMILES string of the molecule is O=Cc1ccc(N(c2ccc(O)cc2)c2ccc(O)cc2)cc1. The molecule has 0 atom stereocenters. The van der Waals surface area contributed by atoms with E-state index in [1.54, 1.807) is 60.7 Å². The Morgan fingerprint density at radius 3 is 1.30 bits per heavy atom. The standard InChI is InChI=1S/C19H15NO3/c21-13-14-1-3-15(4-2-14)20(16-5-9-18(22)10-6-16)17-7-11-19(23)12-8-17/h1-13,22-23H. The van der Waals surface area contributed by atoms with Crippen LogP contribution in [0.1, 0.15) is 10.4 Å². The second-order valence-corrected chi connectivity index (χ2v) is 5.08. The second-order valence-electron chi connectivity index (χ2n) is 5.08. The van der Waals surface area contributed by atoms with Crippen LogP contribution in [0.15, 0.2) is 72.8 Å². The summed E-state index contributed by atoms with van der Waals surface area (Å²) in [6, 6.07) is 20.9. The van der Waals surface area contributed by atoms with Gasteiger partial charge in [0, 0.05) is 22.6 Å². The van der Waals surface area contributed by atoms with Gasteiger partial charge in [0.25, 0.3) is 0 Å². The number of aromatic hydroxyl groups is 2. The molecule has 0 amide bonds. The van der Waals surface area contributed by atoms with Crippen molar-refractivity contribution in [1.29, 1.82) is 0 Å². The topological polar surface area (TPSA) is 60.8 Å². The Hall–Kier alpha value is -3.27. The summed E-state index contributed by atoms with van der Waals surface area (Å²) in [5, 5.41) is 19.0. The molecule has 0 aliphatic carbocycles. The molecule has 0 unspecified atom stereocenters. The lowest BCUT2D eigenvalue weighted by Crippen LogP contribution is -2.09. The van der Waals surface area contributed by atoms with Crippen molar-refractivity contribution in [2.75, 3.05) is 4.90 Å². The number of carbonyl (C=O) groups excluding carboxylic acids is 1. The van der Waals surface area contributed by atoms with Gasteiger partial charge in [-0.25, -0.2) is 0 Å². The highest BCUT2D eigenvalue weighted by atomic mass is 16.3. The lowest BCUT2D eigenvalue weighted by Gasteiger charge is -2.25. The number of carbonyl (C=O) groups is 1. The van der Waals surface area contributed by atoms with Crippen molar-refractivity contribution in [2.24, 2.45) is 0 Å². The molecule has 3 rings (SSSR count). The quantitative estimate of drug-likeness (QED) is 0.702. The van der Waals surface area contributed by atoms with Crippen molar-refractivity contribution in [3.63, 3.8) is 0 Å². The number of aldehydes is 1. The summed E-state index contributed by atoms with van der Waals surface area (Å²) < 4.78 is 0. The molecular weight excluding hydrogens is 290 g/mol. The molecule has 0 radical (unpaired) electrons. The highest BCUT2D eigenvalue weighted by Gasteiger charge is 2.12. The molecule has 0 saturated heterocycles. The lowest BCUT2D eigenvalue weighted by atomic mass is 10.1. The normalized spacial score (nSPS) is 10.3. The minimum Gasteiger partial charge on any atom is -0.508 e. The molecule has 3 aromatic rings. The first-order valence-electron chi connectivity index (χ1n) is 7.11. The van der Waals surface area contributed by atoms with Crippen molar-refractivity contribution in [1.82, 2.24) is 0 Å². The Labute approximate surface area is 133 Å². The number of anilines is 3. The predicted octanol–water partition coefficient (Wildman–Crippen LogP) is 4.38. The summed E-state index contributed by atoms with van der Waals surface area (Å²) in [6.07, 6.45) is 0.801. The van der Waals surface area contributed by atoms with Crippen molar-refractivity contribution >= 4 is 23.3 Å². The summed E-state index contributed by atoms with van der Waals surface area (Å²) in [5.41, 5.74) is 3.18. The van der Waals surface area contributed by atoms with Crippen molar-refractivity contribution in [3.8, 4) is 11.5 Å². The number of rotatable bonds is 4. The number of nitrogens with zero attached hydrogens (tertiary/aromatic N) is 1. The van der Waals surface area contributed by atoms with Gasteiger partial charge in [-0.1, -0.05) is 0 Å². The molecule has 0 bridgehead atoms. The number of phenols is 2. The fourth-order valence-corrected chi connectivity index (χ4v) is 2.35. The summed E-state index contributed by atoms with van der Waals surface area (Å²) in [6.45, 7) is 0. The number of hydrogen-bond donors (Lipinski definition) is 2. The molecule has 114 valence electrons. The Balaban J connectivity index is 2.10. The van der Waals surface area contributed by atoms with E-state index in [-0.39, 0.29) is 11.5 Å². The first kappa shape index (κ1) is 14.7. The number of hydrogen-bond acceptors (Lipinski definition) is 4. The van der Waals surface area contributed by atoms with Gasteiger partial charge in [0.1, 0.15) is 17.8 Å². The lowest BCUT2D eigenvalue weighted by molar-refractivity contribution is 0.112. The smallest absolute Gasteiger partial charge is 0.150 e. The zero-order valence-corrected chi connectivity index (χ0v) is 12.3. The molecule has 0 aliphatic heterocycles. The molecule has 4 heteroatoms. The minimum atomic E-state index is 0.190. The van der Waals surface area contributed by atoms with Gasteiger partial charge < -0.3 is 15.1 Å². The number of benzene rings is 3. The average molecular weight is 305 g/mol. The molecule has 0 aliphatic rings. The van der Waals surface area contributed by atoms with Crippen LogP contribution in [0.4, 0.5) is 17.1 Å². The van der Waals surface area contributed by atoms with Crippen LogP contribution in [-0.4, -0.2) is 16.5 Å². The molecule has 3 aromatic carbocycles. The summed E-state index contributed by atoms with van der Waals surface area (Å²) in [5.74, 6) is 0.381. The Morgan fingerprint density at radius 1 is 0.609 bits per heavy atom. The highest BCUT2D eigenvalue weighted by Crippen LogP contribution is 2.35. The Bertz CT molecular complexity index is 748. The van der Waals surface area contributed by atoms with Crippen molar-refractivity contribution in [2.45, 2.75) is 0 Å². The van der Waals surface area contributed by atoms with Crippen LogP contribution in [-0.2, 0) is 0 Å². The van der Waals surface area contributed by atoms with E-state index in [4.69, 9.17) is 0 Å². The van der Waals surface area contributed by atoms with E-state index in [0.29, 0.717) is 5.56 Å². The van der Waals surface area contributed by atoms with Crippen LogP contribution in [0.2, 0.25) is 0 Å². The molecule has 23 heavy (non-hydrogen) atoms. The first-order valence-corrected chi connectivity index (χ1v) is 7.11. The molecule has 0 fully saturated rings. The molecule has 4 nitrogen and oxygen atoms in total. The van der Waals surface area contributed by atoms with Gasteiger partial charge in [-0.2, -0.15) is 0 Å². The summed E-state index contributed by atoms with van der Waals surface area (Å²) in [7, 11) is 0. The van der Waals surface area contributed by atoms with Crippen LogP contribution in [0, 0.1) is 0 Å². The predicted molar refractivity (Wildman–Crippen MR) is 89.8 cm³/mol. The summed E-state index contributed by atoms with van der Waals surface area (Å²) in [4.78, 5) is 12.8. The third-order valence-electron chi connectivity index (χ3n) is 3.50. The monoisotopic (exact) mass is 305 g/mol. The van der Waals surface area contributed by atoms with Gasteiger partial charge >= 0.3 is 0 Å². The van der Waals surface area contributed by atoms with Gasteiger partial charge in [0.15, 0.2) is 0 Å². The van der Waals surface area contributed by atoms with Gasteiger partial charge in [-0.15, -0.1) is 0 Å². The largest absolute Gasteiger partial charge is 0.508 e. The van der Waals surface area contributed by atoms with Crippen LogP contribution >= 0.6 is 0 Å². The van der Waals surface area contributed by atoms with E-state index >= 15 is 0 Å². The van der Waals surface area contributed by atoms with Gasteiger partial charge in [0.2, 0.25) is 0 Å². The Morgan fingerprint density at radius 2 is 0.957 bits per heavy atom. The van der Waals surface area contributed by atoms with E-state index in [2.05, 4.69) is 0 Å². The van der Waals surface area contributed by atoms with E-state index in [1.165, 1.54) is 0 Å². The summed E-state index contributed by atoms with van der Waals surface area (Å²) >= 11 is 0. The van der Waals surface area contributed by atoms with E-state index in [9.17, 15) is 15.0 Å². The highest BCUT2D eigenvalue weighted by molar-refractivity contribution is 5.80. The molecular formula is C19H15NO3. The first-order chi connectivity index (χ1) is 11.2. The molecule has 0 heterocycles. The van der Waals surface area contributed by atoms with Gasteiger partial charge in [0.05, 0.1) is 0 Å². The number of phenolic OH excluding ortho intramolecular Hbond substituents is 2. The van der Waals surface area contributed by atoms with Crippen LogP contribution in [0.3, 0.4) is 0 Å². The fourth-order valence-electron chi connectivity index (χ4n) is 2.35. The minimum absolute atomic E-state index is 0.190. The van der Waals surface area contributed by atoms with Crippen LogP contribution in [0.25, 0.3) is 0 Å². The van der Waals surface area contributed by atoms with Gasteiger partial charge in [-0.3, -0.25) is 4.79 Å². The maximum atomic E-state index is 10.8. The fraction of sp³-hybridized carbons (Fsp3) is 0. The van der Waals surface area contributed by atoms with Gasteiger partial charge in [-0.05, 0) is 72.8 Å². The third kappa shape index (κ3) is 3.16. The maximum Gasteiger partial charge on any atom is 0.150 e. The van der Waals surface area contributed by atoms with Crippen molar-refractivity contribution in [3.05, 3.63) is 78.4 Å². The molecule has 2 N–H and O–H groups in total. The van der Waals surface area contributed by atoms with E-state index in [1.807, 2.05) is 17.0 Å². The average Bonchev–Trinajstić information content (AvgIpc) is 2.59. The van der Waals surface area contributed by atoms with E-state index in [0.717, 1.165) is 23.3 Å². The van der Waals surface area contributed by atoms with Crippen LogP contribution in [0.5, 0.6) is 11.5 Å². The Kier molecular flexibility index (Phi) is 3.97. The maximum absolute atomic E-state index is 10.8. The zero-order chi connectivity index (χ0) is 16.2. The second kappa shape index (κ2) is 6.23. The third-order valence-corrected chi connectivity index (χ3v) is 3.50.